The number of nitrogens with zero attached hydrogens (tertiary/aromatic N) is 2. The number of nitrogens with one attached hydrogen (secondary N) is 1. The van der Waals surface area contributed by atoms with Crippen LogP contribution in [0, 0.1) is 6.92 Å². The van der Waals surface area contributed by atoms with E-state index < -0.39 is 0 Å². The quantitative estimate of drug-likeness (QED) is 0.858. The topological polar surface area (TPSA) is 58.4 Å². The number of aromatic nitrogens is 1. The monoisotopic (exact) mass is 237 g/mol. The molecule has 1 aliphatic heterocycles. The summed E-state index contributed by atoms with van der Waals surface area (Å²) >= 11 is 0. The van der Waals surface area contributed by atoms with E-state index in [-0.39, 0.29) is 5.91 Å². The number of carbonyl (C=O) groups excluding carboxylic acids is 1. The molecular formula is C12H19N3O2. The standard InChI is InChI=1S/C12H19N3O2/c1-9-7-11(14-17-9)12(16)15(2)8-10-5-3-4-6-13-10/h7,10,13H,3-6,8H2,1-2H3. The summed E-state index contributed by atoms with van der Waals surface area (Å²) in [5, 5.41) is 7.17. The van der Waals surface area contributed by atoms with Gasteiger partial charge in [-0.2, -0.15) is 0 Å². The predicted octanol–water partition coefficient (Wildman–Crippen LogP) is 1.20. The summed E-state index contributed by atoms with van der Waals surface area (Å²) in [5.41, 5.74) is 0.390. The van der Waals surface area contributed by atoms with Crippen LogP contribution in [0.4, 0.5) is 0 Å². The molecule has 0 aromatic carbocycles. The second-order valence-electron chi connectivity index (χ2n) is 4.66. The van der Waals surface area contributed by atoms with E-state index in [0.29, 0.717) is 17.5 Å². The average molecular weight is 237 g/mol. The van der Waals surface area contributed by atoms with Crippen LogP contribution in [0.1, 0.15) is 35.5 Å². The molecule has 0 spiro atoms. The van der Waals surface area contributed by atoms with Gasteiger partial charge in [0.05, 0.1) is 0 Å². The van der Waals surface area contributed by atoms with E-state index in [9.17, 15) is 4.79 Å². The highest BCUT2D eigenvalue weighted by Gasteiger charge is 2.20. The minimum absolute atomic E-state index is 0.0748. The number of piperidine rings is 1. The second-order valence-corrected chi connectivity index (χ2v) is 4.66. The molecule has 1 unspecified atom stereocenters. The van der Waals surface area contributed by atoms with Gasteiger partial charge in [-0.15, -0.1) is 0 Å². The van der Waals surface area contributed by atoms with Gasteiger partial charge in [0, 0.05) is 25.7 Å². The minimum atomic E-state index is -0.0748. The number of aryl methyl sites for hydroxylation is 1. The molecule has 17 heavy (non-hydrogen) atoms. The maximum atomic E-state index is 12.0. The lowest BCUT2D eigenvalue weighted by Gasteiger charge is -2.27. The number of carbonyl (C=O) groups is 1. The van der Waals surface area contributed by atoms with Gasteiger partial charge in [0.1, 0.15) is 5.76 Å². The average Bonchev–Trinajstić information content (AvgIpc) is 2.76. The summed E-state index contributed by atoms with van der Waals surface area (Å²) in [4.78, 5) is 13.7. The molecule has 2 heterocycles. The summed E-state index contributed by atoms with van der Waals surface area (Å²) in [6.07, 6.45) is 3.61. The predicted molar refractivity (Wildman–Crippen MR) is 63.8 cm³/mol. The Hall–Kier alpha value is -1.36. The number of hydrogen-bond acceptors (Lipinski definition) is 4. The first kappa shape index (κ1) is 12.1. The van der Waals surface area contributed by atoms with Gasteiger partial charge in [0.2, 0.25) is 0 Å². The zero-order valence-electron chi connectivity index (χ0n) is 10.4. The molecule has 0 aliphatic carbocycles. The molecule has 5 nitrogen and oxygen atoms in total. The zero-order chi connectivity index (χ0) is 12.3. The molecule has 1 aliphatic rings. The molecular weight excluding hydrogens is 218 g/mol. The SMILES string of the molecule is Cc1cc(C(=O)N(C)CC2CCCCN2)no1. The summed E-state index contributed by atoms with van der Waals surface area (Å²) in [6, 6.07) is 2.08. The summed E-state index contributed by atoms with van der Waals surface area (Å²) in [6.45, 7) is 3.56. The van der Waals surface area contributed by atoms with Gasteiger partial charge in [-0.25, -0.2) is 0 Å². The van der Waals surface area contributed by atoms with Gasteiger partial charge in [0.15, 0.2) is 5.69 Å². The normalized spacial score (nSPS) is 20.2. The van der Waals surface area contributed by atoms with Gasteiger partial charge in [-0.1, -0.05) is 11.6 Å². The molecule has 2 rings (SSSR count). The molecule has 5 heteroatoms. The van der Waals surface area contributed by atoms with Gasteiger partial charge in [-0.3, -0.25) is 4.79 Å². The largest absolute Gasteiger partial charge is 0.361 e. The number of likely N-dealkylation sites (N-methyl/N-ethyl adjacent to an activating group) is 1. The van der Waals surface area contributed by atoms with Crippen molar-refractivity contribution in [2.24, 2.45) is 0 Å². The van der Waals surface area contributed by atoms with E-state index in [0.717, 1.165) is 19.5 Å². The minimum Gasteiger partial charge on any atom is -0.361 e. The Balaban J connectivity index is 1.90. The maximum Gasteiger partial charge on any atom is 0.275 e. The van der Waals surface area contributed by atoms with Crippen molar-refractivity contribution in [3.63, 3.8) is 0 Å². The Morgan fingerprint density at radius 3 is 3.06 bits per heavy atom. The Bertz CT molecular complexity index is 383. The van der Waals surface area contributed by atoms with Crippen LogP contribution < -0.4 is 5.32 Å². The Labute approximate surface area is 101 Å². The van der Waals surface area contributed by atoms with Crippen molar-refractivity contribution in [1.82, 2.24) is 15.4 Å². The highest BCUT2D eigenvalue weighted by molar-refractivity contribution is 5.92. The molecule has 1 fully saturated rings. The molecule has 1 aromatic heterocycles. The van der Waals surface area contributed by atoms with Gasteiger partial charge in [0.25, 0.3) is 5.91 Å². The smallest absolute Gasteiger partial charge is 0.275 e. The van der Waals surface area contributed by atoms with Crippen molar-refractivity contribution in [1.29, 1.82) is 0 Å². The Kier molecular flexibility index (Phi) is 3.78. The third kappa shape index (κ3) is 3.06. The molecule has 1 aromatic rings. The van der Waals surface area contributed by atoms with E-state index in [2.05, 4.69) is 10.5 Å². The van der Waals surface area contributed by atoms with E-state index in [4.69, 9.17) is 4.52 Å². The van der Waals surface area contributed by atoms with Gasteiger partial charge >= 0.3 is 0 Å². The van der Waals surface area contributed by atoms with Crippen LogP contribution in [0.5, 0.6) is 0 Å². The summed E-state index contributed by atoms with van der Waals surface area (Å²) in [7, 11) is 1.81. The molecule has 0 saturated carbocycles. The first-order chi connectivity index (χ1) is 8.16. The lowest BCUT2D eigenvalue weighted by molar-refractivity contribution is 0.0765. The van der Waals surface area contributed by atoms with Gasteiger partial charge < -0.3 is 14.7 Å². The molecule has 1 atom stereocenters. The molecule has 94 valence electrons. The van der Waals surface area contributed by atoms with Crippen molar-refractivity contribution in [3.8, 4) is 0 Å². The van der Waals surface area contributed by atoms with E-state index >= 15 is 0 Å². The molecule has 1 amide bonds. The van der Waals surface area contributed by atoms with Crippen LogP contribution >= 0.6 is 0 Å². The van der Waals surface area contributed by atoms with Crippen LogP contribution in [0.15, 0.2) is 10.6 Å². The fourth-order valence-electron chi connectivity index (χ4n) is 2.16. The number of rotatable bonds is 3. The first-order valence-electron chi connectivity index (χ1n) is 6.09. The summed E-state index contributed by atoms with van der Waals surface area (Å²) in [5.74, 6) is 0.590. The fraction of sp³-hybridized carbons (Fsp3) is 0.667. The Morgan fingerprint density at radius 1 is 1.65 bits per heavy atom. The summed E-state index contributed by atoms with van der Waals surface area (Å²) < 4.78 is 4.91. The number of amides is 1. The third-order valence-electron chi connectivity index (χ3n) is 3.10. The lowest BCUT2D eigenvalue weighted by Crippen LogP contribution is -2.44. The van der Waals surface area contributed by atoms with Gasteiger partial charge in [-0.05, 0) is 26.3 Å². The first-order valence-corrected chi connectivity index (χ1v) is 6.09. The van der Waals surface area contributed by atoms with Crippen molar-refractivity contribution in [3.05, 3.63) is 17.5 Å². The lowest BCUT2D eigenvalue weighted by atomic mass is 10.0. The van der Waals surface area contributed by atoms with E-state index in [1.807, 2.05) is 7.05 Å². The van der Waals surface area contributed by atoms with Crippen molar-refractivity contribution < 1.29 is 9.32 Å². The van der Waals surface area contributed by atoms with Crippen LogP contribution in [-0.2, 0) is 0 Å². The molecule has 0 bridgehead atoms. The van der Waals surface area contributed by atoms with Crippen LogP contribution in [0.25, 0.3) is 0 Å². The zero-order valence-corrected chi connectivity index (χ0v) is 10.4. The second kappa shape index (κ2) is 5.31. The van der Waals surface area contributed by atoms with Crippen molar-refractivity contribution >= 4 is 5.91 Å². The van der Waals surface area contributed by atoms with Crippen molar-refractivity contribution in [2.45, 2.75) is 32.2 Å². The molecule has 1 N–H and O–H groups in total. The fourth-order valence-corrected chi connectivity index (χ4v) is 2.16. The molecule has 0 radical (unpaired) electrons. The molecule has 1 saturated heterocycles. The van der Waals surface area contributed by atoms with E-state index in [1.54, 1.807) is 17.9 Å². The third-order valence-corrected chi connectivity index (χ3v) is 3.10. The highest BCUT2D eigenvalue weighted by atomic mass is 16.5. The van der Waals surface area contributed by atoms with E-state index in [1.165, 1.54) is 12.8 Å². The maximum absolute atomic E-state index is 12.0. The van der Waals surface area contributed by atoms with Crippen LogP contribution in [-0.4, -0.2) is 42.1 Å². The van der Waals surface area contributed by atoms with Crippen molar-refractivity contribution in [2.75, 3.05) is 20.1 Å². The Morgan fingerprint density at radius 2 is 2.47 bits per heavy atom. The number of hydrogen-bond donors (Lipinski definition) is 1. The highest BCUT2D eigenvalue weighted by Crippen LogP contribution is 2.10. The van der Waals surface area contributed by atoms with Crippen LogP contribution in [0.3, 0.4) is 0 Å². The van der Waals surface area contributed by atoms with Crippen LogP contribution in [0.2, 0.25) is 0 Å².